The fourth-order valence-corrected chi connectivity index (χ4v) is 1.61. The summed E-state index contributed by atoms with van der Waals surface area (Å²) >= 11 is 0. The minimum absolute atomic E-state index is 0.132. The van der Waals surface area contributed by atoms with E-state index in [1.807, 2.05) is 6.92 Å². The minimum Gasteiger partial charge on any atom is -0.434 e. The summed E-state index contributed by atoms with van der Waals surface area (Å²) in [5.41, 5.74) is -0.249. The van der Waals surface area contributed by atoms with Crippen molar-refractivity contribution < 1.29 is 14.1 Å². The van der Waals surface area contributed by atoms with Crippen LogP contribution in [0.15, 0.2) is 36.4 Å². The molecule has 1 heterocycles. The molecule has 6 nitrogen and oxygen atoms in total. The zero-order valence-corrected chi connectivity index (χ0v) is 11.4. The summed E-state index contributed by atoms with van der Waals surface area (Å²) in [5, 5.41) is 14.0. The van der Waals surface area contributed by atoms with Gasteiger partial charge < -0.3 is 10.1 Å². The first-order valence-electron chi connectivity index (χ1n) is 6.43. The van der Waals surface area contributed by atoms with Crippen molar-refractivity contribution in [1.82, 2.24) is 4.98 Å². The summed E-state index contributed by atoms with van der Waals surface area (Å²) < 4.78 is 18.2. The lowest BCUT2D eigenvalue weighted by molar-refractivity contribution is -0.386. The normalized spacial score (nSPS) is 10.2. The maximum atomic E-state index is 12.8. The van der Waals surface area contributed by atoms with Gasteiger partial charge >= 0.3 is 11.6 Å². The Morgan fingerprint density at radius 1 is 1.29 bits per heavy atom. The molecule has 21 heavy (non-hydrogen) atoms. The van der Waals surface area contributed by atoms with Crippen molar-refractivity contribution in [3.05, 3.63) is 52.3 Å². The van der Waals surface area contributed by atoms with Gasteiger partial charge in [-0.2, -0.15) is 4.98 Å². The molecule has 0 bridgehead atoms. The second-order valence-electron chi connectivity index (χ2n) is 4.26. The van der Waals surface area contributed by atoms with Gasteiger partial charge in [-0.1, -0.05) is 6.92 Å². The van der Waals surface area contributed by atoms with Crippen LogP contribution in [0.3, 0.4) is 0 Å². The summed E-state index contributed by atoms with van der Waals surface area (Å²) in [5.74, 6) is 0.218. The SMILES string of the molecule is CCCNc1ccc([N+](=O)[O-])c(Oc2ccc(F)cc2)n1. The predicted molar refractivity (Wildman–Crippen MR) is 76.1 cm³/mol. The van der Waals surface area contributed by atoms with Gasteiger partial charge in [0.05, 0.1) is 4.92 Å². The summed E-state index contributed by atoms with van der Waals surface area (Å²) in [4.78, 5) is 14.5. The van der Waals surface area contributed by atoms with Crippen molar-refractivity contribution in [1.29, 1.82) is 0 Å². The number of nitrogens with one attached hydrogen (secondary N) is 1. The molecule has 1 N–H and O–H groups in total. The van der Waals surface area contributed by atoms with Crippen molar-refractivity contribution in [3.63, 3.8) is 0 Å². The molecule has 2 aromatic rings. The number of ether oxygens (including phenoxy) is 1. The van der Waals surface area contributed by atoms with Crippen LogP contribution in [-0.2, 0) is 0 Å². The summed E-state index contributed by atoms with van der Waals surface area (Å²) in [7, 11) is 0. The molecule has 0 aliphatic rings. The molecule has 110 valence electrons. The standard InChI is InChI=1S/C14H14FN3O3/c1-2-9-16-13-8-7-12(18(19)20)14(17-13)21-11-5-3-10(15)4-6-11/h3-8H,2,9H2,1H3,(H,16,17). The third-order valence-corrected chi connectivity index (χ3v) is 2.62. The third-order valence-electron chi connectivity index (χ3n) is 2.62. The van der Waals surface area contributed by atoms with Crippen LogP contribution in [0.1, 0.15) is 13.3 Å². The largest absolute Gasteiger partial charge is 0.434 e. The van der Waals surface area contributed by atoms with E-state index in [9.17, 15) is 14.5 Å². The topological polar surface area (TPSA) is 77.3 Å². The minimum atomic E-state index is -0.574. The van der Waals surface area contributed by atoms with Crippen LogP contribution in [-0.4, -0.2) is 16.5 Å². The van der Waals surface area contributed by atoms with Gasteiger partial charge in [0.15, 0.2) is 0 Å². The van der Waals surface area contributed by atoms with Crippen molar-refractivity contribution in [2.45, 2.75) is 13.3 Å². The molecule has 0 fully saturated rings. The van der Waals surface area contributed by atoms with Gasteiger partial charge in [-0.25, -0.2) is 4.39 Å². The summed E-state index contributed by atoms with van der Waals surface area (Å²) in [6.07, 6.45) is 0.896. The quantitative estimate of drug-likeness (QED) is 0.648. The van der Waals surface area contributed by atoms with Gasteiger partial charge in [0, 0.05) is 12.6 Å². The highest BCUT2D eigenvalue weighted by Gasteiger charge is 2.18. The Kier molecular flexibility index (Phi) is 4.65. The average Bonchev–Trinajstić information content (AvgIpc) is 2.47. The van der Waals surface area contributed by atoms with Gasteiger partial charge in [-0.3, -0.25) is 10.1 Å². The van der Waals surface area contributed by atoms with Gasteiger partial charge in [-0.15, -0.1) is 0 Å². The van der Waals surface area contributed by atoms with Gasteiger partial charge in [0.1, 0.15) is 17.4 Å². The average molecular weight is 291 g/mol. The van der Waals surface area contributed by atoms with Gasteiger partial charge in [0.25, 0.3) is 0 Å². The van der Waals surface area contributed by atoms with Crippen LogP contribution in [0.5, 0.6) is 11.6 Å². The number of aromatic nitrogens is 1. The number of rotatable bonds is 6. The summed E-state index contributed by atoms with van der Waals surface area (Å²) in [6, 6.07) is 8.02. The molecule has 0 atom stereocenters. The van der Waals surface area contributed by atoms with Crippen LogP contribution < -0.4 is 10.1 Å². The van der Waals surface area contributed by atoms with Crippen LogP contribution in [0.2, 0.25) is 0 Å². The Balaban J connectivity index is 2.29. The number of benzene rings is 1. The number of nitrogens with zero attached hydrogens (tertiary/aromatic N) is 2. The molecule has 0 saturated heterocycles. The van der Waals surface area contributed by atoms with Crippen molar-refractivity contribution in [2.24, 2.45) is 0 Å². The Hall–Kier alpha value is -2.70. The van der Waals surface area contributed by atoms with Crippen LogP contribution in [0.25, 0.3) is 0 Å². The number of anilines is 1. The number of halogens is 1. The fourth-order valence-electron chi connectivity index (χ4n) is 1.61. The smallest absolute Gasteiger partial charge is 0.331 e. The number of nitro groups is 1. The first kappa shape index (κ1) is 14.7. The van der Waals surface area contributed by atoms with E-state index in [-0.39, 0.29) is 17.3 Å². The van der Waals surface area contributed by atoms with E-state index in [0.717, 1.165) is 6.42 Å². The van der Waals surface area contributed by atoms with E-state index in [2.05, 4.69) is 10.3 Å². The molecule has 0 aliphatic carbocycles. The van der Waals surface area contributed by atoms with Crippen molar-refractivity contribution >= 4 is 11.5 Å². The Labute approximate surface area is 120 Å². The molecular formula is C14H14FN3O3. The van der Waals surface area contributed by atoms with Crippen molar-refractivity contribution in [2.75, 3.05) is 11.9 Å². The first-order valence-corrected chi connectivity index (χ1v) is 6.43. The Morgan fingerprint density at radius 2 is 2.00 bits per heavy atom. The second-order valence-corrected chi connectivity index (χ2v) is 4.26. The zero-order chi connectivity index (χ0) is 15.2. The molecule has 0 aliphatic heterocycles. The monoisotopic (exact) mass is 291 g/mol. The highest BCUT2D eigenvalue weighted by molar-refractivity contribution is 5.50. The highest BCUT2D eigenvalue weighted by Crippen LogP contribution is 2.30. The third kappa shape index (κ3) is 3.88. The number of hydrogen-bond donors (Lipinski definition) is 1. The zero-order valence-electron chi connectivity index (χ0n) is 11.4. The van der Waals surface area contributed by atoms with E-state index in [4.69, 9.17) is 4.74 Å². The Bertz CT molecular complexity index is 632. The lowest BCUT2D eigenvalue weighted by Crippen LogP contribution is -2.04. The lowest BCUT2D eigenvalue weighted by Gasteiger charge is -2.08. The fraction of sp³-hybridized carbons (Fsp3) is 0.214. The van der Waals surface area contributed by atoms with Crippen molar-refractivity contribution in [3.8, 4) is 11.6 Å². The molecule has 0 amide bonds. The first-order chi connectivity index (χ1) is 10.1. The van der Waals surface area contributed by atoms with E-state index in [1.165, 1.54) is 36.4 Å². The van der Waals surface area contributed by atoms with Gasteiger partial charge in [-0.05, 0) is 36.8 Å². The molecule has 0 spiro atoms. The van der Waals surface area contributed by atoms with Crippen LogP contribution in [0, 0.1) is 15.9 Å². The van der Waals surface area contributed by atoms with Gasteiger partial charge in [0.2, 0.25) is 0 Å². The molecule has 0 radical (unpaired) electrons. The van der Waals surface area contributed by atoms with E-state index in [1.54, 1.807) is 0 Å². The molecule has 1 aromatic carbocycles. The maximum absolute atomic E-state index is 12.8. The number of hydrogen-bond acceptors (Lipinski definition) is 5. The van der Waals surface area contributed by atoms with Crippen LogP contribution in [0.4, 0.5) is 15.9 Å². The van der Waals surface area contributed by atoms with E-state index in [0.29, 0.717) is 12.4 Å². The van der Waals surface area contributed by atoms with E-state index < -0.39 is 10.7 Å². The molecule has 0 saturated carbocycles. The summed E-state index contributed by atoms with van der Waals surface area (Å²) in [6.45, 7) is 2.69. The maximum Gasteiger partial charge on any atom is 0.331 e. The molecule has 2 rings (SSSR count). The number of pyridine rings is 1. The highest BCUT2D eigenvalue weighted by atomic mass is 19.1. The molecule has 1 aromatic heterocycles. The lowest BCUT2D eigenvalue weighted by atomic mass is 10.3. The Morgan fingerprint density at radius 3 is 2.62 bits per heavy atom. The second kappa shape index (κ2) is 6.65. The van der Waals surface area contributed by atoms with Crippen LogP contribution >= 0.6 is 0 Å². The molecule has 0 unspecified atom stereocenters. The molecular weight excluding hydrogens is 277 g/mol. The predicted octanol–water partition coefficient (Wildman–Crippen LogP) is 3.74. The molecule has 7 heteroatoms. The van der Waals surface area contributed by atoms with E-state index >= 15 is 0 Å².